The molecule has 2 N–H and O–H groups in total. The Morgan fingerprint density at radius 3 is 2.76 bits per heavy atom. The van der Waals surface area contributed by atoms with Gasteiger partial charge in [-0.15, -0.1) is 0 Å². The lowest BCUT2D eigenvalue weighted by Gasteiger charge is -2.51. The van der Waals surface area contributed by atoms with Crippen molar-refractivity contribution >= 4 is 0 Å². The molecule has 1 aromatic carbocycles. The number of rotatable bonds is 4. The van der Waals surface area contributed by atoms with Gasteiger partial charge in [0.25, 0.3) is 0 Å². The molecule has 4 heteroatoms. The van der Waals surface area contributed by atoms with Gasteiger partial charge in [0.05, 0.1) is 19.3 Å². The monoisotopic (exact) mass is 346 g/mol. The Hall–Kier alpha value is -0.940. The summed E-state index contributed by atoms with van der Waals surface area (Å²) < 4.78 is 11.8. The van der Waals surface area contributed by atoms with E-state index in [0.29, 0.717) is 31.5 Å². The van der Waals surface area contributed by atoms with Gasteiger partial charge in [0.15, 0.2) is 6.29 Å². The number of ether oxygens (including phenoxy) is 2. The predicted molar refractivity (Wildman–Crippen MR) is 94.6 cm³/mol. The van der Waals surface area contributed by atoms with E-state index in [4.69, 9.17) is 9.47 Å². The van der Waals surface area contributed by atoms with E-state index in [1.807, 2.05) is 25.1 Å². The standard InChI is InChI=1S/C21H30O4/c1-14-19-18(13-24-12-15-7-3-2-4-8-15)17-10-6-5-9-16(17)11-21(19,23)20(22)25-14/h2-4,7-8,14,16-20,22-23H,5-6,9-13H2,1H3/t14-,16+,17-,18+,19+,20?,21+/m1/s1. The zero-order valence-corrected chi connectivity index (χ0v) is 15.0. The first-order chi connectivity index (χ1) is 12.1. The molecular formula is C21H30O4. The molecule has 1 unspecified atom stereocenters. The molecule has 3 fully saturated rings. The van der Waals surface area contributed by atoms with E-state index >= 15 is 0 Å². The van der Waals surface area contributed by atoms with E-state index < -0.39 is 11.9 Å². The quantitative estimate of drug-likeness (QED) is 0.879. The van der Waals surface area contributed by atoms with Crippen LogP contribution < -0.4 is 0 Å². The van der Waals surface area contributed by atoms with Crippen LogP contribution in [0.2, 0.25) is 0 Å². The zero-order chi connectivity index (χ0) is 17.4. The highest BCUT2D eigenvalue weighted by atomic mass is 16.6. The summed E-state index contributed by atoms with van der Waals surface area (Å²) in [4.78, 5) is 0. The van der Waals surface area contributed by atoms with E-state index in [1.165, 1.54) is 24.8 Å². The van der Waals surface area contributed by atoms with Gasteiger partial charge in [-0.1, -0.05) is 49.6 Å². The van der Waals surface area contributed by atoms with Crippen LogP contribution in [0.1, 0.15) is 44.6 Å². The molecule has 7 atom stereocenters. The third-order valence-corrected chi connectivity index (χ3v) is 6.84. The Kier molecular flexibility index (Phi) is 4.89. The van der Waals surface area contributed by atoms with Gasteiger partial charge in [0, 0.05) is 5.92 Å². The van der Waals surface area contributed by atoms with Crippen LogP contribution in [0.4, 0.5) is 0 Å². The third-order valence-electron chi connectivity index (χ3n) is 6.84. The second-order valence-electron chi connectivity index (χ2n) is 8.29. The van der Waals surface area contributed by atoms with Gasteiger partial charge in [-0.25, -0.2) is 0 Å². The number of hydrogen-bond acceptors (Lipinski definition) is 4. The SMILES string of the molecule is C[C@H]1OC(O)[C@]2(O)C[C@@H]3CCCC[C@H]3[C@H](COCc3ccccc3)[C@H]12. The van der Waals surface area contributed by atoms with Crippen LogP contribution in [0.5, 0.6) is 0 Å². The van der Waals surface area contributed by atoms with Crippen molar-refractivity contribution in [3.05, 3.63) is 35.9 Å². The minimum atomic E-state index is -1.11. The summed E-state index contributed by atoms with van der Waals surface area (Å²) in [5.41, 5.74) is 0.0584. The molecule has 0 bridgehead atoms. The molecule has 0 radical (unpaired) electrons. The Labute approximate surface area is 150 Å². The summed E-state index contributed by atoms with van der Waals surface area (Å²) in [6.07, 6.45) is 4.32. The molecule has 4 nitrogen and oxygen atoms in total. The van der Waals surface area contributed by atoms with Crippen molar-refractivity contribution < 1.29 is 19.7 Å². The van der Waals surface area contributed by atoms with Crippen molar-refractivity contribution in [2.24, 2.45) is 23.7 Å². The second-order valence-corrected chi connectivity index (χ2v) is 8.29. The van der Waals surface area contributed by atoms with Crippen LogP contribution in [-0.2, 0) is 16.1 Å². The van der Waals surface area contributed by atoms with E-state index in [1.54, 1.807) is 0 Å². The molecule has 25 heavy (non-hydrogen) atoms. The lowest BCUT2D eigenvalue weighted by atomic mass is 9.56. The molecule has 0 aromatic heterocycles. The first-order valence-electron chi connectivity index (χ1n) is 9.77. The number of aliphatic hydroxyl groups excluding tert-OH is 1. The molecule has 2 saturated carbocycles. The van der Waals surface area contributed by atoms with Crippen LogP contribution in [0, 0.1) is 23.7 Å². The Balaban J connectivity index is 1.51. The molecule has 1 saturated heterocycles. The summed E-state index contributed by atoms with van der Waals surface area (Å²) in [7, 11) is 0. The van der Waals surface area contributed by atoms with Crippen molar-refractivity contribution in [2.45, 2.75) is 63.6 Å². The number of fused-ring (bicyclic) bond motifs is 2. The van der Waals surface area contributed by atoms with E-state index in [9.17, 15) is 10.2 Å². The fraction of sp³-hybridized carbons (Fsp3) is 0.714. The Morgan fingerprint density at radius 1 is 1.20 bits per heavy atom. The predicted octanol–water partition coefficient (Wildman–Crippen LogP) is 3.11. The second kappa shape index (κ2) is 6.99. The van der Waals surface area contributed by atoms with Crippen molar-refractivity contribution in [3.63, 3.8) is 0 Å². The van der Waals surface area contributed by atoms with Crippen LogP contribution in [0.3, 0.4) is 0 Å². The average molecular weight is 346 g/mol. The molecule has 3 aliphatic rings. The number of benzene rings is 1. The first kappa shape index (κ1) is 17.5. The molecule has 4 rings (SSSR count). The third kappa shape index (κ3) is 3.14. The van der Waals surface area contributed by atoms with Crippen molar-refractivity contribution in [1.29, 1.82) is 0 Å². The number of aliphatic hydroxyl groups is 2. The highest BCUT2D eigenvalue weighted by Crippen LogP contribution is 2.56. The average Bonchev–Trinajstić information content (AvgIpc) is 2.84. The van der Waals surface area contributed by atoms with Crippen LogP contribution >= 0.6 is 0 Å². The topological polar surface area (TPSA) is 58.9 Å². The van der Waals surface area contributed by atoms with Gasteiger partial charge in [0.1, 0.15) is 5.60 Å². The van der Waals surface area contributed by atoms with E-state index in [2.05, 4.69) is 12.1 Å². The van der Waals surface area contributed by atoms with Crippen molar-refractivity contribution in [1.82, 2.24) is 0 Å². The highest BCUT2D eigenvalue weighted by Gasteiger charge is 2.62. The minimum absolute atomic E-state index is 0.0439. The Morgan fingerprint density at radius 2 is 1.96 bits per heavy atom. The van der Waals surface area contributed by atoms with Gasteiger partial charge < -0.3 is 19.7 Å². The molecule has 0 spiro atoms. The summed E-state index contributed by atoms with van der Waals surface area (Å²) >= 11 is 0. The molecule has 138 valence electrons. The highest BCUT2D eigenvalue weighted by molar-refractivity contribution is 5.13. The van der Waals surface area contributed by atoms with Gasteiger partial charge in [0.2, 0.25) is 0 Å². The van der Waals surface area contributed by atoms with Gasteiger partial charge in [-0.05, 0) is 43.1 Å². The van der Waals surface area contributed by atoms with E-state index in [0.717, 1.165) is 6.42 Å². The largest absolute Gasteiger partial charge is 0.384 e. The lowest BCUT2D eigenvalue weighted by molar-refractivity contribution is -0.200. The van der Waals surface area contributed by atoms with Gasteiger partial charge >= 0.3 is 0 Å². The Bertz CT molecular complexity index is 577. The molecule has 0 amide bonds. The van der Waals surface area contributed by atoms with Crippen LogP contribution in [0.25, 0.3) is 0 Å². The maximum atomic E-state index is 11.2. The van der Waals surface area contributed by atoms with Crippen molar-refractivity contribution in [3.8, 4) is 0 Å². The summed E-state index contributed by atoms with van der Waals surface area (Å²) in [6, 6.07) is 10.2. The smallest absolute Gasteiger partial charge is 0.184 e. The van der Waals surface area contributed by atoms with Crippen molar-refractivity contribution in [2.75, 3.05) is 6.61 Å². The zero-order valence-electron chi connectivity index (χ0n) is 15.0. The maximum Gasteiger partial charge on any atom is 0.184 e. The normalized spacial score (nSPS) is 43.5. The van der Waals surface area contributed by atoms with Crippen LogP contribution in [0.15, 0.2) is 30.3 Å². The molecule has 2 aliphatic carbocycles. The number of hydrogen-bond donors (Lipinski definition) is 2. The summed E-state index contributed by atoms with van der Waals surface area (Å²) in [5.74, 6) is 1.26. The van der Waals surface area contributed by atoms with Crippen LogP contribution in [-0.4, -0.2) is 34.8 Å². The minimum Gasteiger partial charge on any atom is -0.384 e. The summed E-state index contributed by atoms with van der Waals surface area (Å²) in [6.45, 7) is 3.21. The fourth-order valence-corrected chi connectivity index (χ4v) is 5.79. The lowest BCUT2D eigenvalue weighted by Crippen LogP contribution is -2.57. The van der Waals surface area contributed by atoms with Gasteiger partial charge in [-0.3, -0.25) is 0 Å². The molecule has 1 aromatic rings. The maximum absolute atomic E-state index is 11.2. The first-order valence-corrected chi connectivity index (χ1v) is 9.77. The van der Waals surface area contributed by atoms with Gasteiger partial charge in [-0.2, -0.15) is 0 Å². The summed E-state index contributed by atoms with van der Waals surface area (Å²) in [5, 5.41) is 21.6. The molecule has 1 heterocycles. The van der Waals surface area contributed by atoms with E-state index in [-0.39, 0.29) is 17.9 Å². The fourth-order valence-electron chi connectivity index (χ4n) is 5.79. The molecule has 1 aliphatic heterocycles. The molecular weight excluding hydrogens is 316 g/mol.